The van der Waals surface area contributed by atoms with Crippen molar-refractivity contribution in [2.24, 2.45) is 0 Å². The molecule has 7 nitrogen and oxygen atoms in total. The van der Waals surface area contributed by atoms with Gasteiger partial charge < -0.3 is 14.8 Å². The lowest BCUT2D eigenvalue weighted by Gasteiger charge is -2.15. The summed E-state index contributed by atoms with van der Waals surface area (Å²) < 4.78 is 10.4. The number of anilines is 1. The Kier molecular flexibility index (Phi) is 5.09. The number of carbonyl (C=O) groups is 2. The summed E-state index contributed by atoms with van der Waals surface area (Å²) in [6.07, 6.45) is -1.04. The number of para-hydroxylation sites is 1. The van der Waals surface area contributed by atoms with Gasteiger partial charge in [-0.1, -0.05) is 29.8 Å². The monoisotopic (exact) mass is 373 g/mol. The summed E-state index contributed by atoms with van der Waals surface area (Å²) in [5.74, 6) is -0.763. The number of fused-ring (bicyclic) bond motifs is 1. The van der Waals surface area contributed by atoms with E-state index in [-0.39, 0.29) is 5.69 Å². The highest BCUT2D eigenvalue weighted by Gasteiger charge is 2.23. The number of nitrogens with zero attached hydrogens (tertiary/aromatic N) is 1. The smallest absolute Gasteiger partial charge is 0.360 e. The summed E-state index contributed by atoms with van der Waals surface area (Å²) in [7, 11) is 1.48. The number of benzene rings is 2. The van der Waals surface area contributed by atoms with Gasteiger partial charge in [0.25, 0.3) is 5.91 Å². The van der Waals surface area contributed by atoms with Crippen molar-refractivity contribution < 1.29 is 19.1 Å². The van der Waals surface area contributed by atoms with Gasteiger partial charge in [0.05, 0.1) is 18.3 Å². The number of nitrogens with one attached hydrogen (secondary N) is 2. The number of aromatic nitrogens is 2. The molecule has 0 aliphatic heterocycles. The number of hydrogen-bond acceptors (Lipinski definition) is 5. The van der Waals surface area contributed by atoms with E-state index in [1.54, 1.807) is 36.4 Å². The highest BCUT2D eigenvalue weighted by Crippen LogP contribution is 2.28. The van der Waals surface area contributed by atoms with Crippen LogP contribution in [0.3, 0.4) is 0 Å². The fraction of sp³-hybridized carbons (Fsp3) is 0.167. The van der Waals surface area contributed by atoms with Gasteiger partial charge in [-0.05, 0) is 31.2 Å². The quantitative estimate of drug-likeness (QED) is 0.668. The van der Waals surface area contributed by atoms with Gasteiger partial charge in [-0.25, -0.2) is 4.79 Å². The van der Waals surface area contributed by atoms with Crippen molar-refractivity contribution in [1.82, 2.24) is 10.2 Å². The van der Waals surface area contributed by atoms with Crippen molar-refractivity contribution in [3.05, 3.63) is 53.2 Å². The molecule has 1 unspecified atom stereocenters. The minimum Gasteiger partial charge on any atom is -0.495 e. The summed E-state index contributed by atoms with van der Waals surface area (Å²) in [4.78, 5) is 24.7. The largest absolute Gasteiger partial charge is 0.495 e. The van der Waals surface area contributed by atoms with E-state index in [1.165, 1.54) is 14.0 Å². The molecule has 0 saturated heterocycles. The van der Waals surface area contributed by atoms with Gasteiger partial charge >= 0.3 is 5.97 Å². The Bertz CT molecular complexity index is 970. The van der Waals surface area contributed by atoms with E-state index in [0.29, 0.717) is 27.4 Å². The molecular formula is C18H16ClN3O4. The predicted octanol–water partition coefficient (Wildman–Crippen LogP) is 3.41. The van der Waals surface area contributed by atoms with Gasteiger partial charge in [-0.15, -0.1) is 0 Å². The summed E-state index contributed by atoms with van der Waals surface area (Å²) in [5, 5.41) is 10.4. The Balaban J connectivity index is 1.71. The lowest BCUT2D eigenvalue weighted by molar-refractivity contribution is -0.123. The first-order valence-corrected chi connectivity index (χ1v) is 8.16. The average molecular weight is 374 g/mol. The van der Waals surface area contributed by atoms with Gasteiger partial charge in [0.1, 0.15) is 5.75 Å². The molecule has 3 rings (SSSR count). The highest BCUT2D eigenvalue weighted by molar-refractivity contribution is 6.31. The first-order chi connectivity index (χ1) is 12.5. The Labute approximate surface area is 154 Å². The Morgan fingerprint density at radius 1 is 1.23 bits per heavy atom. The van der Waals surface area contributed by atoms with Crippen molar-refractivity contribution in [1.29, 1.82) is 0 Å². The first-order valence-electron chi connectivity index (χ1n) is 7.78. The van der Waals surface area contributed by atoms with Crippen molar-refractivity contribution in [2.75, 3.05) is 12.4 Å². The number of amides is 1. The van der Waals surface area contributed by atoms with Crippen LogP contribution in [0.15, 0.2) is 42.5 Å². The fourth-order valence-corrected chi connectivity index (χ4v) is 2.57. The number of aromatic amines is 1. The number of halogens is 1. The Morgan fingerprint density at radius 3 is 2.77 bits per heavy atom. The van der Waals surface area contributed by atoms with E-state index >= 15 is 0 Å². The van der Waals surface area contributed by atoms with E-state index in [2.05, 4.69) is 15.5 Å². The second kappa shape index (κ2) is 7.45. The number of ether oxygens (including phenoxy) is 2. The van der Waals surface area contributed by atoms with Gasteiger partial charge in [0.2, 0.25) is 0 Å². The van der Waals surface area contributed by atoms with Crippen LogP contribution in [0.1, 0.15) is 17.4 Å². The van der Waals surface area contributed by atoms with E-state index in [0.717, 1.165) is 0 Å². The first kappa shape index (κ1) is 17.8. The number of methoxy groups -OCH3 is 1. The van der Waals surface area contributed by atoms with Crippen LogP contribution in [0.4, 0.5) is 5.69 Å². The Hall–Kier alpha value is -3.06. The van der Waals surface area contributed by atoms with E-state index in [1.807, 2.05) is 6.07 Å². The van der Waals surface area contributed by atoms with Crippen LogP contribution in [0.2, 0.25) is 5.02 Å². The molecule has 0 saturated carbocycles. The predicted molar refractivity (Wildman–Crippen MR) is 97.6 cm³/mol. The fourth-order valence-electron chi connectivity index (χ4n) is 2.40. The molecule has 0 bridgehead atoms. The lowest BCUT2D eigenvalue weighted by atomic mass is 10.2. The summed E-state index contributed by atoms with van der Waals surface area (Å²) in [6, 6.07) is 12.0. The van der Waals surface area contributed by atoms with Crippen LogP contribution in [-0.4, -0.2) is 35.3 Å². The molecule has 3 aromatic rings. The molecule has 1 heterocycles. The number of esters is 1. The molecule has 2 aromatic carbocycles. The zero-order valence-corrected chi connectivity index (χ0v) is 14.8. The molecule has 2 N–H and O–H groups in total. The third kappa shape index (κ3) is 3.62. The van der Waals surface area contributed by atoms with Crippen LogP contribution < -0.4 is 10.1 Å². The average Bonchev–Trinajstić information content (AvgIpc) is 3.06. The zero-order chi connectivity index (χ0) is 18.7. The van der Waals surface area contributed by atoms with Crippen LogP contribution in [0, 0.1) is 0 Å². The molecule has 0 radical (unpaired) electrons. The number of H-pyrrole nitrogens is 1. The molecule has 26 heavy (non-hydrogen) atoms. The van der Waals surface area contributed by atoms with Crippen LogP contribution in [0.25, 0.3) is 10.9 Å². The number of hydrogen-bond donors (Lipinski definition) is 2. The van der Waals surface area contributed by atoms with Gasteiger partial charge in [-0.3, -0.25) is 9.89 Å². The standard InChI is InChI=1S/C18H16ClN3O4/c1-10(17(23)20-14-9-11(19)7-8-15(14)25-2)26-18(24)16-12-5-3-4-6-13(12)21-22-16/h3-10H,1-2H3,(H,20,23)(H,21,22). The molecule has 0 fully saturated rings. The second-order valence-corrected chi connectivity index (χ2v) is 5.94. The van der Waals surface area contributed by atoms with Crippen LogP contribution in [0.5, 0.6) is 5.75 Å². The maximum atomic E-state index is 12.3. The summed E-state index contributed by atoms with van der Waals surface area (Å²) in [6.45, 7) is 1.47. The number of carbonyl (C=O) groups excluding carboxylic acids is 2. The zero-order valence-electron chi connectivity index (χ0n) is 14.1. The Morgan fingerprint density at radius 2 is 2.00 bits per heavy atom. The van der Waals surface area contributed by atoms with Crippen molar-refractivity contribution in [3.8, 4) is 5.75 Å². The van der Waals surface area contributed by atoms with Crippen LogP contribution >= 0.6 is 11.6 Å². The molecule has 0 aliphatic rings. The molecule has 8 heteroatoms. The minimum absolute atomic E-state index is 0.126. The number of rotatable bonds is 5. The van der Waals surface area contributed by atoms with Crippen LogP contribution in [-0.2, 0) is 9.53 Å². The maximum absolute atomic E-state index is 12.3. The van der Waals surface area contributed by atoms with Gasteiger partial charge in [-0.2, -0.15) is 5.10 Å². The van der Waals surface area contributed by atoms with Crippen molar-refractivity contribution >= 4 is 40.1 Å². The lowest BCUT2D eigenvalue weighted by Crippen LogP contribution is -2.30. The molecule has 134 valence electrons. The minimum atomic E-state index is -1.04. The molecule has 0 spiro atoms. The van der Waals surface area contributed by atoms with E-state index in [4.69, 9.17) is 21.1 Å². The third-order valence-corrected chi connectivity index (χ3v) is 3.97. The molecule has 1 aromatic heterocycles. The summed E-state index contributed by atoms with van der Waals surface area (Å²) in [5.41, 5.74) is 1.22. The molecule has 0 aliphatic carbocycles. The van der Waals surface area contributed by atoms with Gasteiger partial charge in [0, 0.05) is 10.4 Å². The van der Waals surface area contributed by atoms with E-state index in [9.17, 15) is 9.59 Å². The SMILES string of the molecule is COc1ccc(Cl)cc1NC(=O)C(C)OC(=O)c1n[nH]c2ccccc12. The molecular weight excluding hydrogens is 358 g/mol. The molecule has 1 atom stereocenters. The maximum Gasteiger partial charge on any atom is 0.360 e. The second-order valence-electron chi connectivity index (χ2n) is 5.50. The normalized spacial score (nSPS) is 11.8. The summed E-state index contributed by atoms with van der Waals surface area (Å²) >= 11 is 5.94. The van der Waals surface area contributed by atoms with Gasteiger partial charge in [0.15, 0.2) is 11.8 Å². The topological polar surface area (TPSA) is 93.3 Å². The van der Waals surface area contributed by atoms with E-state index < -0.39 is 18.0 Å². The van der Waals surface area contributed by atoms with Crippen molar-refractivity contribution in [3.63, 3.8) is 0 Å². The van der Waals surface area contributed by atoms with Crippen molar-refractivity contribution in [2.45, 2.75) is 13.0 Å². The molecule has 1 amide bonds. The third-order valence-electron chi connectivity index (χ3n) is 3.74. The highest BCUT2D eigenvalue weighted by atomic mass is 35.5.